The Morgan fingerprint density at radius 3 is 3.05 bits per heavy atom. The maximum Gasteiger partial charge on any atom is 0.265 e. The highest BCUT2D eigenvalue weighted by atomic mass is 32.2. The van der Waals surface area contributed by atoms with Crippen LogP contribution in [0.3, 0.4) is 0 Å². The maximum atomic E-state index is 12.3. The lowest BCUT2D eigenvalue weighted by atomic mass is 10.4. The molecule has 0 aromatic carbocycles. The first kappa shape index (κ1) is 14.6. The van der Waals surface area contributed by atoms with Crippen LogP contribution >= 0.6 is 11.3 Å². The Morgan fingerprint density at radius 1 is 1.43 bits per heavy atom. The Balaban J connectivity index is 1.75. The summed E-state index contributed by atoms with van der Waals surface area (Å²) in [5.41, 5.74) is 1.89. The maximum absolute atomic E-state index is 12.3. The van der Waals surface area contributed by atoms with Gasteiger partial charge in [0.25, 0.3) is 10.0 Å². The largest absolute Gasteiger partial charge is 0.363 e. The summed E-state index contributed by atoms with van der Waals surface area (Å²) >= 11 is 1.44. The molecule has 0 unspecified atom stereocenters. The number of nitrogens with zero attached hydrogens (tertiary/aromatic N) is 1. The van der Waals surface area contributed by atoms with Crippen molar-refractivity contribution in [2.75, 3.05) is 11.3 Å². The van der Waals surface area contributed by atoms with Gasteiger partial charge in [0, 0.05) is 23.3 Å². The van der Waals surface area contributed by atoms with Gasteiger partial charge in [-0.1, -0.05) is 6.92 Å². The third kappa shape index (κ3) is 3.12. The lowest BCUT2D eigenvalue weighted by Crippen LogP contribution is -2.13. The number of hydrogen-bond donors (Lipinski definition) is 3. The highest BCUT2D eigenvalue weighted by molar-refractivity contribution is 7.93. The van der Waals surface area contributed by atoms with Crippen molar-refractivity contribution in [2.45, 2.75) is 37.6 Å². The first-order valence-corrected chi connectivity index (χ1v) is 9.28. The molecule has 0 amide bonds. The van der Waals surface area contributed by atoms with Gasteiger partial charge in [-0.05, 0) is 31.9 Å². The fourth-order valence-electron chi connectivity index (χ4n) is 2.34. The van der Waals surface area contributed by atoms with Gasteiger partial charge in [0.2, 0.25) is 0 Å². The average molecular weight is 326 g/mol. The Kier molecular flexibility index (Phi) is 4.01. The smallest absolute Gasteiger partial charge is 0.265 e. The number of sulfonamides is 1. The van der Waals surface area contributed by atoms with E-state index in [2.05, 4.69) is 20.0 Å². The van der Waals surface area contributed by atoms with Crippen molar-refractivity contribution in [1.82, 2.24) is 15.3 Å². The number of aromatic amines is 1. The molecule has 0 atom stereocenters. The molecular weight excluding hydrogens is 308 g/mol. The van der Waals surface area contributed by atoms with Gasteiger partial charge in [-0.15, -0.1) is 11.3 Å². The van der Waals surface area contributed by atoms with Crippen molar-refractivity contribution in [3.63, 3.8) is 0 Å². The summed E-state index contributed by atoms with van der Waals surface area (Å²) < 4.78 is 27.2. The predicted molar refractivity (Wildman–Crippen MR) is 83.1 cm³/mol. The lowest BCUT2D eigenvalue weighted by molar-refractivity contribution is 0.601. The monoisotopic (exact) mass is 326 g/mol. The van der Waals surface area contributed by atoms with Gasteiger partial charge in [-0.3, -0.25) is 4.72 Å². The molecule has 0 bridgehead atoms. The molecule has 2 heterocycles. The van der Waals surface area contributed by atoms with Gasteiger partial charge in [-0.25, -0.2) is 13.4 Å². The fourth-order valence-corrected chi connectivity index (χ4v) is 4.65. The van der Waals surface area contributed by atoms with Crippen LogP contribution in [0.1, 0.15) is 29.6 Å². The van der Waals surface area contributed by atoms with E-state index in [4.69, 9.17) is 0 Å². The molecular formula is C13H18N4O2S2. The van der Waals surface area contributed by atoms with E-state index in [0.717, 1.165) is 37.2 Å². The molecule has 2 aromatic rings. The molecule has 1 aliphatic rings. The quantitative estimate of drug-likeness (QED) is 0.756. The molecule has 0 spiro atoms. The molecule has 3 N–H and O–H groups in total. The second kappa shape index (κ2) is 5.78. The topological polar surface area (TPSA) is 86.9 Å². The Hall–Kier alpha value is -1.38. The molecule has 0 saturated carbocycles. The Bertz CT molecular complexity index is 712. The number of fused-ring (bicyclic) bond motifs is 1. The molecule has 6 nitrogen and oxygen atoms in total. The van der Waals surface area contributed by atoms with Crippen LogP contribution < -0.4 is 10.0 Å². The first-order chi connectivity index (χ1) is 10.1. The number of rotatable bonds is 6. The third-order valence-electron chi connectivity index (χ3n) is 3.41. The van der Waals surface area contributed by atoms with Crippen molar-refractivity contribution in [3.05, 3.63) is 28.5 Å². The average Bonchev–Trinajstić information content (AvgIpc) is 3.10. The molecule has 0 radical (unpaired) electrons. The Morgan fingerprint density at radius 2 is 2.29 bits per heavy atom. The standard InChI is InChI=1S/C13H18N4O2S2/c1-2-14-7-9-6-10(8-15-9)21(18,19)17-13-16-11-4-3-5-12(11)20-13/h6,8,14-15H,2-5,7H2,1H3,(H,16,17). The summed E-state index contributed by atoms with van der Waals surface area (Å²) in [5, 5.41) is 3.62. The fraction of sp³-hybridized carbons (Fsp3) is 0.462. The normalized spacial score (nSPS) is 14.3. The third-order valence-corrected chi connectivity index (χ3v) is 5.93. The highest BCUT2D eigenvalue weighted by Gasteiger charge is 2.21. The summed E-state index contributed by atoms with van der Waals surface area (Å²) in [7, 11) is -3.57. The molecule has 8 heteroatoms. The zero-order chi connectivity index (χ0) is 14.9. The van der Waals surface area contributed by atoms with Gasteiger partial charge in [0.15, 0.2) is 5.13 Å². The van der Waals surface area contributed by atoms with Gasteiger partial charge in [-0.2, -0.15) is 0 Å². The van der Waals surface area contributed by atoms with E-state index in [0.29, 0.717) is 11.7 Å². The van der Waals surface area contributed by atoms with Gasteiger partial charge >= 0.3 is 0 Å². The van der Waals surface area contributed by atoms with Crippen LogP contribution in [-0.2, 0) is 29.4 Å². The van der Waals surface area contributed by atoms with E-state index < -0.39 is 10.0 Å². The number of hydrogen-bond acceptors (Lipinski definition) is 5. The molecule has 3 rings (SSSR count). The zero-order valence-electron chi connectivity index (χ0n) is 11.8. The van der Waals surface area contributed by atoms with Crippen LogP contribution in [0.25, 0.3) is 0 Å². The van der Waals surface area contributed by atoms with E-state index in [1.807, 2.05) is 6.92 Å². The molecule has 21 heavy (non-hydrogen) atoms. The van der Waals surface area contributed by atoms with Gasteiger partial charge in [0.1, 0.15) is 4.90 Å². The predicted octanol–water partition coefficient (Wildman–Crippen LogP) is 1.87. The second-order valence-electron chi connectivity index (χ2n) is 4.99. The molecule has 114 valence electrons. The number of anilines is 1. The van der Waals surface area contributed by atoms with Crippen molar-refractivity contribution < 1.29 is 8.42 Å². The number of aryl methyl sites for hydroxylation is 2. The van der Waals surface area contributed by atoms with Crippen molar-refractivity contribution >= 4 is 26.5 Å². The summed E-state index contributed by atoms with van der Waals surface area (Å²) in [6.07, 6.45) is 4.58. The van der Waals surface area contributed by atoms with Gasteiger partial charge < -0.3 is 10.3 Å². The molecule has 1 aliphatic carbocycles. The van der Waals surface area contributed by atoms with E-state index in [1.54, 1.807) is 6.07 Å². The van der Waals surface area contributed by atoms with Crippen molar-refractivity contribution in [2.24, 2.45) is 0 Å². The van der Waals surface area contributed by atoms with Crippen molar-refractivity contribution in [1.29, 1.82) is 0 Å². The van der Waals surface area contributed by atoms with Crippen LogP contribution in [0.4, 0.5) is 5.13 Å². The second-order valence-corrected chi connectivity index (χ2v) is 7.75. The molecule has 0 saturated heterocycles. The minimum absolute atomic E-state index is 0.241. The van der Waals surface area contributed by atoms with Crippen LogP contribution in [0.15, 0.2) is 17.2 Å². The minimum Gasteiger partial charge on any atom is -0.363 e. The first-order valence-electron chi connectivity index (χ1n) is 6.98. The van der Waals surface area contributed by atoms with Crippen LogP contribution in [0, 0.1) is 0 Å². The molecule has 0 fully saturated rings. The van der Waals surface area contributed by atoms with Gasteiger partial charge in [0.05, 0.1) is 5.69 Å². The zero-order valence-corrected chi connectivity index (χ0v) is 13.4. The lowest BCUT2D eigenvalue weighted by Gasteiger charge is -2.02. The summed E-state index contributed by atoms with van der Waals surface area (Å²) in [5.74, 6) is 0. The van der Waals surface area contributed by atoms with Crippen LogP contribution in [-0.4, -0.2) is 24.9 Å². The highest BCUT2D eigenvalue weighted by Crippen LogP contribution is 2.31. The van der Waals surface area contributed by atoms with E-state index in [-0.39, 0.29) is 4.90 Å². The summed E-state index contributed by atoms with van der Waals surface area (Å²) in [6.45, 7) is 3.46. The molecule has 0 aliphatic heterocycles. The number of nitrogens with one attached hydrogen (secondary N) is 3. The summed E-state index contributed by atoms with van der Waals surface area (Å²) in [6, 6.07) is 1.65. The van der Waals surface area contributed by atoms with E-state index in [1.165, 1.54) is 22.4 Å². The number of aromatic nitrogens is 2. The number of H-pyrrole nitrogens is 1. The van der Waals surface area contributed by atoms with E-state index in [9.17, 15) is 8.42 Å². The number of thiazole rings is 1. The van der Waals surface area contributed by atoms with Crippen molar-refractivity contribution in [3.8, 4) is 0 Å². The summed E-state index contributed by atoms with van der Waals surface area (Å²) in [4.78, 5) is 8.78. The van der Waals surface area contributed by atoms with Crippen LogP contribution in [0.5, 0.6) is 0 Å². The Labute approximate surface area is 128 Å². The molecule has 2 aromatic heterocycles. The minimum atomic E-state index is -3.57. The van der Waals surface area contributed by atoms with Crippen LogP contribution in [0.2, 0.25) is 0 Å². The van der Waals surface area contributed by atoms with E-state index >= 15 is 0 Å². The SMILES string of the molecule is CCNCc1cc(S(=O)(=O)Nc2nc3c(s2)CCC3)c[nH]1.